The normalized spacial score (nSPS) is 10.6. The molecule has 2 N–H and O–H groups in total. The van der Waals surface area contributed by atoms with E-state index in [1.54, 1.807) is 0 Å². The number of H-pyrrole nitrogens is 1. The van der Waals surface area contributed by atoms with Gasteiger partial charge in [0.05, 0.1) is 0 Å². The Kier molecular flexibility index (Phi) is 4.07. The molecule has 0 aromatic carbocycles. The van der Waals surface area contributed by atoms with Crippen LogP contribution in [0.25, 0.3) is 0 Å². The molecule has 0 aliphatic rings. The molecule has 1 heterocycles. The molecule has 0 atom stereocenters. The first-order valence-electron chi connectivity index (χ1n) is 4.96. The van der Waals surface area contributed by atoms with Crippen molar-refractivity contribution in [2.75, 3.05) is 11.9 Å². The summed E-state index contributed by atoms with van der Waals surface area (Å²) >= 11 is 5.06. The van der Waals surface area contributed by atoms with Crippen LogP contribution in [0.4, 0.5) is 5.82 Å². The average Bonchev–Trinajstić information content (AvgIpc) is 2.14. The first kappa shape index (κ1) is 11.2. The number of hydrogen-bond donors (Lipinski definition) is 2. The van der Waals surface area contributed by atoms with Gasteiger partial charge in [-0.1, -0.05) is 33.0 Å². The van der Waals surface area contributed by atoms with Gasteiger partial charge in [-0.05, 0) is 5.92 Å². The molecular weight excluding hydrogens is 194 g/mol. The van der Waals surface area contributed by atoms with Crippen molar-refractivity contribution in [3.8, 4) is 0 Å². The van der Waals surface area contributed by atoms with E-state index in [1.807, 2.05) is 6.07 Å². The lowest BCUT2D eigenvalue weighted by molar-refractivity contribution is 0.686. The fourth-order valence-electron chi connectivity index (χ4n) is 1.09. The van der Waals surface area contributed by atoms with E-state index in [2.05, 4.69) is 36.1 Å². The Labute approximate surface area is 90.0 Å². The summed E-state index contributed by atoms with van der Waals surface area (Å²) in [5, 5.41) is 3.30. The van der Waals surface area contributed by atoms with Crippen LogP contribution in [0, 0.1) is 10.6 Å². The smallest absolute Gasteiger partial charge is 0.131 e. The molecule has 4 heteroatoms. The van der Waals surface area contributed by atoms with Crippen LogP contribution in [0.5, 0.6) is 0 Å². The highest BCUT2D eigenvalue weighted by Crippen LogP contribution is 2.05. The molecule has 0 fully saturated rings. The molecule has 1 rings (SSSR count). The third-order valence-electron chi connectivity index (χ3n) is 1.83. The fourth-order valence-corrected chi connectivity index (χ4v) is 1.31. The van der Waals surface area contributed by atoms with Gasteiger partial charge in [-0.2, -0.15) is 0 Å². The van der Waals surface area contributed by atoms with Crippen molar-refractivity contribution in [1.82, 2.24) is 9.97 Å². The maximum Gasteiger partial charge on any atom is 0.131 e. The monoisotopic (exact) mass is 211 g/mol. The zero-order valence-corrected chi connectivity index (χ0v) is 9.74. The second kappa shape index (κ2) is 5.10. The van der Waals surface area contributed by atoms with Gasteiger partial charge >= 0.3 is 0 Å². The molecule has 0 aliphatic carbocycles. The molecule has 3 nitrogen and oxygen atoms in total. The Morgan fingerprint density at radius 1 is 1.57 bits per heavy atom. The van der Waals surface area contributed by atoms with Crippen molar-refractivity contribution in [2.45, 2.75) is 27.2 Å². The van der Waals surface area contributed by atoms with Gasteiger partial charge < -0.3 is 10.3 Å². The Bertz CT molecular complexity index is 343. The van der Waals surface area contributed by atoms with E-state index in [1.165, 1.54) is 0 Å². The zero-order valence-electron chi connectivity index (χ0n) is 8.92. The first-order valence-corrected chi connectivity index (χ1v) is 5.36. The standard InChI is InChI=1S/C10H17N3S/c1-4-8-12-9(5-10(14)13-8)11-6-7(2)3/h5,7H,4,6H2,1-3H3,(H2,11,12,13,14). The van der Waals surface area contributed by atoms with Crippen molar-refractivity contribution < 1.29 is 0 Å². The quantitative estimate of drug-likeness (QED) is 0.752. The SMILES string of the molecule is CCc1nc(=S)cc(NCC(C)C)[nH]1. The summed E-state index contributed by atoms with van der Waals surface area (Å²) in [6.07, 6.45) is 0.876. The first-order chi connectivity index (χ1) is 6.61. The predicted molar refractivity (Wildman–Crippen MR) is 62.1 cm³/mol. The molecule has 0 saturated heterocycles. The van der Waals surface area contributed by atoms with Gasteiger partial charge in [0.15, 0.2) is 0 Å². The van der Waals surface area contributed by atoms with Crippen molar-refractivity contribution in [2.24, 2.45) is 5.92 Å². The third kappa shape index (κ3) is 3.46. The van der Waals surface area contributed by atoms with E-state index >= 15 is 0 Å². The second-order valence-electron chi connectivity index (χ2n) is 3.71. The number of anilines is 1. The van der Waals surface area contributed by atoms with Gasteiger partial charge in [0, 0.05) is 19.0 Å². The van der Waals surface area contributed by atoms with Crippen LogP contribution in [-0.4, -0.2) is 16.5 Å². The van der Waals surface area contributed by atoms with Crippen LogP contribution in [0.15, 0.2) is 6.07 Å². The second-order valence-corrected chi connectivity index (χ2v) is 4.13. The van der Waals surface area contributed by atoms with Crippen LogP contribution < -0.4 is 5.32 Å². The summed E-state index contributed by atoms with van der Waals surface area (Å²) in [5.41, 5.74) is 0. The number of hydrogen-bond acceptors (Lipinski definition) is 3. The van der Waals surface area contributed by atoms with Crippen LogP contribution in [0.2, 0.25) is 0 Å². The fraction of sp³-hybridized carbons (Fsp3) is 0.600. The average molecular weight is 211 g/mol. The molecule has 78 valence electrons. The van der Waals surface area contributed by atoms with Crippen LogP contribution in [-0.2, 0) is 6.42 Å². The maximum atomic E-state index is 5.06. The molecule has 0 spiro atoms. The Morgan fingerprint density at radius 2 is 2.29 bits per heavy atom. The lowest BCUT2D eigenvalue weighted by Gasteiger charge is -2.09. The molecule has 14 heavy (non-hydrogen) atoms. The minimum absolute atomic E-state index is 0.621. The number of nitrogens with zero attached hydrogens (tertiary/aromatic N) is 1. The number of aromatic amines is 1. The molecule has 1 aromatic heterocycles. The summed E-state index contributed by atoms with van der Waals surface area (Å²) in [5.74, 6) is 2.52. The topological polar surface area (TPSA) is 40.7 Å². The summed E-state index contributed by atoms with van der Waals surface area (Å²) in [6.45, 7) is 7.34. The molecule has 0 aliphatic heterocycles. The van der Waals surface area contributed by atoms with E-state index in [9.17, 15) is 0 Å². The van der Waals surface area contributed by atoms with E-state index in [0.717, 1.165) is 24.6 Å². The van der Waals surface area contributed by atoms with Crippen molar-refractivity contribution in [3.63, 3.8) is 0 Å². The minimum atomic E-state index is 0.621. The van der Waals surface area contributed by atoms with Gasteiger partial charge in [-0.25, -0.2) is 4.98 Å². The minimum Gasteiger partial charge on any atom is -0.371 e. The Balaban J connectivity index is 2.76. The molecule has 0 unspecified atom stereocenters. The van der Waals surface area contributed by atoms with Crippen LogP contribution in [0.3, 0.4) is 0 Å². The molecule has 1 aromatic rings. The van der Waals surface area contributed by atoms with E-state index < -0.39 is 0 Å². The Hall–Kier alpha value is -0.900. The zero-order chi connectivity index (χ0) is 10.6. The van der Waals surface area contributed by atoms with Gasteiger partial charge in [-0.15, -0.1) is 0 Å². The lowest BCUT2D eigenvalue weighted by atomic mass is 10.2. The largest absolute Gasteiger partial charge is 0.371 e. The highest BCUT2D eigenvalue weighted by Gasteiger charge is 1.98. The number of nitrogens with one attached hydrogen (secondary N) is 2. The molecule has 0 radical (unpaired) electrons. The molecule has 0 amide bonds. The van der Waals surface area contributed by atoms with Crippen LogP contribution in [0.1, 0.15) is 26.6 Å². The summed E-state index contributed by atoms with van der Waals surface area (Å²) in [6, 6.07) is 1.86. The van der Waals surface area contributed by atoms with Gasteiger partial charge in [-0.3, -0.25) is 0 Å². The molecule has 0 saturated carbocycles. The van der Waals surface area contributed by atoms with Gasteiger partial charge in [0.25, 0.3) is 0 Å². The Morgan fingerprint density at radius 3 is 2.86 bits per heavy atom. The van der Waals surface area contributed by atoms with Gasteiger partial charge in [0.2, 0.25) is 0 Å². The summed E-state index contributed by atoms with van der Waals surface area (Å²) in [4.78, 5) is 7.40. The van der Waals surface area contributed by atoms with Crippen molar-refractivity contribution in [1.29, 1.82) is 0 Å². The van der Waals surface area contributed by atoms with Crippen molar-refractivity contribution in [3.05, 3.63) is 16.5 Å². The predicted octanol–water partition coefficient (Wildman–Crippen LogP) is 2.77. The number of aryl methyl sites for hydroxylation is 1. The van der Waals surface area contributed by atoms with E-state index in [-0.39, 0.29) is 0 Å². The third-order valence-corrected chi connectivity index (χ3v) is 2.04. The number of rotatable bonds is 4. The highest BCUT2D eigenvalue weighted by molar-refractivity contribution is 7.71. The lowest BCUT2D eigenvalue weighted by Crippen LogP contribution is -2.10. The van der Waals surface area contributed by atoms with E-state index in [0.29, 0.717) is 10.6 Å². The van der Waals surface area contributed by atoms with Gasteiger partial charge in [0.1, 0.15) is 16.3 Å². The molecule has 0 bridgehead atoms. The molecular formula is C10H17N3S. The summed E-state index contributed by atoms with van der Waals surface area (Å²) < 4.78 is 0.645. The van der Waals surface area contributed by atoms with Crippen molar-refractivity contribution >= 4 is 18.0 Å². The number of aromatic nitrogens is 2. The van der Waals surface area contributed by atoms with E-state index in [4.69, 9.17) is 12.2 Å². The maximum absolute atomic E-state index is 5.06. The highest BCUT2D eigenvalue weighted by atomic mass is 32.1. The summed E-state index contributed by atoms with van der Waals surface area (Å²) in [7, 11) is 0. The van der Waals surface area contributed by atoms with Crippen LogP contribution >= 0.6 is 12.2 Å².